The van der Waals surface area contributed by atoms with Gasteiger partial charge < -0.3 is 4.90 Å². The summed E-state index contributed by atoms with van der Waals surface area (Å²) in [6.07, 6.45) is 1.07. The van der Waals surface area contributed by atoms with Crippen molar-refractivity contribution >= 4 is 15.9 Å². The van der Waals surface area contributed by atoms with Gasteiger partial charge >= 0.3 is 0 Å². The SMILES string of the molecule is CN(C)C(=O)CN(C)S(C)(=O)=O. The van der Waals surface area contributed by atoms with Crippen LogP contribution in [0, 0.1) is 0 Å². The van der Waals surface area contributed by atoms with E-state index in [-0.39, 0.29) is 12.5 Å². The molecule has 0 aliphatic carbocycles. The van der Waals surface area contributed by atoms with Crippen LogP contribution in [0.25, 0.3) is 0 Å². The van der Waals surface area contributed by atoms with E-state index >= 15 is 0 Å². The molecule has 12 heavy (non-hydrogen) atoms. The second-order valence-electron chi connectivity index (χ2n) is 2.81. The third-order valence-electron chi connectivity index (χ3n) is 1.42. The van der Waals surface area contributed by atoms with Crippen molar-refractivity contribution in [1.82, 2.24) is 9.21 Å². The summed E-state index contributed by atoms with van der Waals surface area (Å²) in [6.45, 7) is -0.105. The molecule has 0 rings (SSSR count). The zero-order valence-corrected chi connectivity index (χ0v) is 8.55. The highest BCUT2D eigenvalue weighted by Crippen LogP contribution is 1.93. The van der Waals surface area contributed by atoms with Crippen molar-refractivity contribution in [2.45, 2.75) is 0 Å². The van der Waals surface area contributed by atoms with Gasteiger partial charge in [-0.3, -0.25) is 4.79 Å². The number of carbonyl (C=O) groups excluding carboxylic acids is 1. The first-order valence-electron chi connectivity index (χ1n) is 3.36. The zero-order chi connectivity index (χ0) is 9.94. The Morgan fingerprint density at radius 3 is 1.92 bits per heavy atom. The summed E-state index contributed by atoms with van der Waals surface area (Å²) in [5.41, 5.74) is 0. The number of hydrogen-bond donors (Lipinski definition) is 0. The van der Waals surface area contributed by atoms with Crippen LogP contribution < -0.4 is 0 Å². The van der Waals surface area contributed by atoms with Gasteiger partial charge in [-0.25, -0.2) is 8.42 Å². The molecule has 0 saturated carbocycles. The Morgan fingerprint density at radius 1 is 1.25 bits per heavy atom. The summed E-state index contributed by atoms with van der Waals surface area (Å²) in [7, 11) is 1.29. The van der Waals surface area contributed by atoms with Gasteiger partial charge in [-0.1, -0.05) is 0 Å². The smallest absolute Gasteiger partial charge is 0.237 e. The molecule has 0 heterocycles. The molecular formula is C6H14N2O3S. The van der Waals surface area contributed by atoms with Crippen LogP contribution in [0.2, 0.25) is 0 Å². The van der Waals surface area contributed by atoms with E-state index in [4.69, 9.17) is 0 Å². The van der Waals surface area contributed by atoms with Crippen LogP contribution in [0.3, 0.4) is 0 Å². The number of likely N-dealkylation sites (N-methyl/N-ethyl adjacent to an activating group) is 2. The lowest BCUT2D eigenvalue weighted by Gasteiger charge is -2.16. The van der Waals surface area contributed by atoms with Crippen LogP contribution in [0.15, 0.2) is 0 Å². The summed E-state index contributed by atoms with van der Waals surface area (Å²) in [4.78, 5) is 12.4. The largest absolute Gasteiger partial charge is 0.348 e. The minimum absolute atomic E-state index is 0.105. The van der Waals surface area contributed by atoms with E-state index in [1.54, 1.807) is 14.1 Å². The van der Waals surface area contributed by atoms with Gasteiger partial charge in [0.05, 0.1) is 12.8 Å². The first-order chi connectivity index (χ1) is 5.25. The molecular weight excluding hydrogens is 180 g/mol. The van der Waals surface area contributed by atoms with E-state index in [9.17, 15) is 13.2 Å². The molecule has 0 bridgehead atoms. The molecule has 0 aliphatic heterocycles. The Labute approximate surface area is 73.0 Å². The van der Waals surface area contributed by atoms with Crippen molar-refractivity contribution in [2.24, 2.45) is 0 Å². The van der Waals surface area contributed by atoms with Crippen LogP contribution in [-0.4, -0.2) is 57.5 Å². The van der Waals surface area contributed by atoms with Gasteiger partial charge in [0.15, 0.2) is 0 Å². The first-order valence-corrected chi connectivity index (χ1v) is 5.21. The van der Waals surface area contributed by atoms with Crippen molar-refractivity contribution in [1.29, 1.82) is 0 Å². The molecule has 1 amide bonds. The highest BCUT2D eigenvalue weighted by Gasteiger charge is 2.15. The Balaban J connectivity index is 4.21. The molecule has 0 fully saturated rings. The summed E-state index contributed by atoms with van der Waals surface area (Å²) < 4.78 is 22.7. The minimum atomic E-state index is -3.25. The lowest BCUT2D eigenvalue weighted by Crippen LogP contribution is -2.37. The minimum Gasteiger partial charge on any atom is -0.348 e. The van der Waals surface area contributed by atoms with Crippen molar-refractivity contribution in [3.05, 3.63) is 0 Å². The topological polar surface area (TPSA) is 57.7 Å². The maximum absolute atomic E-state index is 11.0. The predicted octanol–water partition coefficient (Wildman–Crippen LogP) is -1.03. The quantitative estimate of drug-likeness (QED) is 0.577. The second kappa shape index (κ2) is 3.86. The number of carbonyl (C=O) groups is 1. The van der Waals surface area contributed by atoms with Crippen molar-refractivity contribution < 1.29 is 13.2 Å². The van der Waals surface area contributed by atoms with E-state index in [1.165, 1.54) is 11.9 Å². The molecule has 5 nitrogen and oxygen atoms in total. The average Bonchev–Trinajstić information content (AvgIpc) is 1.85. The Kier molecular flexibility index (Phi) is 3.66. The summed E-state index contributed by atoms with van der Waals surface area (Å²) in [6, 6.07) is 0. The van der Waals surface area contributed by atoms with Crippen LogP contribution in [-0.2, 0) is 14.8 Å². The van der Waals surface area contributed by atoms with Crippen LogP contribution >= 0.6 is 0 Å². The second-order valence-corrected chi connectivity index (χ2v) is 4.90. The first kappa shape index (κ1) is 11.4. The standard InChI is InChI=1S/C6H14N2O3S/c1-7(2)6(9)5-8(3)12(4,10)11/h5H2,1-4H3. The third kappa shape index (κ3) is 3.68. The van der Waals surface area contributed by atoms with Gasteiger partial charge in [0, 0.05) is 21.1 Å². The number of nitrogens with zero attached hydrogens (tertiary/aromatic N) is 2. The molecule has 0 aromatic heterocycles. The molecule has 0 unspecified atom stereocenters. The van der Waals surface area contributed by atoms with Gasteiger partial charge in [0.1, 0.15) is 0 Å². The highest BCUT2D eigenvalue weighted by atomic mass is 32.2. The Morgan fingerprint density at radius 2 is 1.67 bits per heavy atom. The van der Waals surface area contributed by atoms with Gasteiger partial charge in [0.2, 0.25) is 15.9 Å². The molecule has 0 spiro atoms. The summed E-state index contributed by atoms with van der Waals surface area (Å²) in [5, 5.41) is 0. The fourth-order valence-electron chi connectivity index (χ4n) is 0.449. The normalized spacial score (nSPS) is 11.8. The molecule has 72 valence electrons. The predicted molar refractivity (Wildman–Crippen MR) is 46.2 cm³/mol. The number of amides is 1. The molecule has 0 aliphatic rings. The van der Waals surface area contributed by atoms with E-state index in [1.807, 2.05) is 0 Å². The Hall–Kier alpha value is -0.620. The van der Waals surface area contributed by atoms with Crippen LogP contribution in [0.4, 0.5) is 0 Å². The lowest BCUT2D eigenvalue weighted by atomic mass is 10.5. The van der Waals surface area contributed by atoms with E-state index in [0.29, 0.717) is 0 Å². The van der Waals surface area contributed by atoms with Crippen molar-refractivity contribution in [2.75, 3.05) is 33.9 Å². The maximum atomic E-state index is 11.0. The highest BCUT2D eigenvalue weighted by molar-refractivity contribution is 7.88. The van der Waals surface area contributed by atoms with Crippen LogP contribution in [0.1, 0.15) is 0 Å². The molecule has 0 radical (unpaired) electrons. The number of sulfonamides is 1. The van der Waals surface area contributed by atoms with E-state index < -0.39 is 10.0 Å². The van der Waals surface area contributed by atoms with E-state index in [0.717, 1.165) is 10.6 Å². The third-order valence-corrected chi connectivity index (χ3v) is 2.68. The van der Waals surface area contributed by atoms with Gasteiger partial charge in [-0.2, -0.15) is 4.31 Å². The average molecular weight is 194 g/mol. The van der Waals surface area contributed by atoms with E-state index in [2.05, 4.69) is 0 Å². The molecule has 0 aromatic carbocycles. The van der Waals surface area contributed by atoms with Crippen molar-refractivity contribution in [3.8, 4) is 0 Å². The lowest BCUT2D eigenvalue weighted by molar-refractivity contribution is -0.128. The zero-order valence-electron chi connectivity index (χ0n) is 7.73. The summed E-state index contributed by atoms with van der Waals surface area (Å²) >= 11 is 0. The van der Waals surface area contributed by atoms with Crippen molar-refractivity contribution in [3.63, 3.8) is 0 Å². The van der Waals surface area contributed by atoms with Gasteiger partial charge in [-0.05, 0) is 0 Å². The number of hydrogen-bond acceptors (Lipinski definition) is 3. The van der Waals surface area contributed by atoms with Gasteiger partial charge in [0.25, 0.3) is 0 Å². The molecule has 0 atom stereocenters. The maximum Gasteiger partial charge on any atom is 0.237 e. The monoisotopic (exact) mass is 194 g/mol. The number of rotatable bonds is 3. The van der Waals surface area contributed by atoms with Gasteiger partial charge in [-0.15, -0.1) is 0 Å². The fourth-order valence-corrected chi connectivity index (χ4v) is 0.794. The molecule has 6 heteroatoms. The fraction of sp³-hybridized carbons (Fsp3) is 0.833. The molecule has 0 saturated heterocycles. The van der Waals surface area contributed by atoms with Crippen LogP contribution in [0.5, 0.6) is 0 Å². The molecule has 0 N–H and O–H groups in total. The summed E-state index contributed by atoms with van der Waals surface area (Å²) in [5.74, 6) is -0.233. The Bertz CT molecular complexity index is 258. The molecule has 0 aromatic rings.